The number of nitrogens with one attached hydrogen (secondary N) is 1. The molecule has 0 spiro atoms. The minimum Gasteiger partial charge on any atom is -0.378 e. The number of Topliss-reactive ketones (excluding diaryl/α,β-unsaturated/α-hetero) is 1. The molecule has 1 aromatic carbocycles. The summed E-state index contributed by atoms with van der Waals surface area (Å²) in [5.74, 6) is 0.159. The molecule has 0 aliphatic carbocycles. The van der Waals surface area contributed by atoms with Gasteiger partial charge in [-0.25, -0.2) is 9.97 Å². The summed E-state index contributed by atoms with van der Waals surface area (Å²) in [6.45, 7) is 3.72. The van der Waals surface area contributed by atoms with Crippen molar-refractivity contribution in [1.82, 2.24) is 14.9 Å². The van der Waals surface area contributed by atoms with Crippen LogP contribution in [0, 0.1) is 0 Å². The van der Waals surface area contributed by atoms with Crippen LogP contribution in [0.1, 0.15) is 27.8 Å². The summed E-state index contributed by atoms with van der Waals surface area (Å²) in [5.41, 5.74) is 1.62. The molecule has 1 fully saturated rings. The van der Waals surface area contributed by atoms with Crippen molar-refractivity contribution < 1.29 is 14.3 Å². The molecule has 0 saturated carbocycles. The van der Waals surface area contributed by atoms with Crippen LogP contribution in [0.3, 0.4) is 0 Å². The molecule has 2 heterocycles. The van der Waals surface area contributed by atoms with Crippen LogP contribution >= 0.6 is 0 Å². The number of hydrogen-bond donors (Lipinski definition) is 1. The van der Waals surface area contributed by atoms with E-state index in [0.717, 1.165) is 0 Å². The van der Waals surface area contributed by atoms with Crippen LogP contribution < -0.4 is 5.32 Å². The first-order valence-corrected chi connectivity index (χ1v) is 7.71. The first kappa shape index (κ1) is 16.1. The molecule has 2 aromatic rings. The summed E-state index contributed by atoms with van der Waals surface area (Å²) in [6.07, 6.45) is 1.54. The minimum atomic E-state index is -0.138. The predicted octanol–water partition coefficient (Wildman–Crippen LogP) is 1.90. The Balaban J connectivity index is 1.76. The lowest BCUT2D eigenvalue weighted by Gasteiger charge is -2.26. The molecule has 24 heavy (non-hydrogen) atoms. The zero-order chi connectivity index (χ0) is 16.9. The van der Waals surface area contributed by atoms with Crippen LogP contribution in [0.4, 0.5) is 11.6 Å². The number of ketones is 1. The van der Waals surface area contributed by atoms with E-state index in [0.29, 0.717) is 49.2 Å². The third-order valence-corrected chi connectivity index (χ3v) is 3.70. The van der Waals surface area contributed by atoms with Crippen LogP contribution in [0.5, 0.6) is 0 Å². The van der Waals surface area contributed by atoms with Crippen molar-refractivity contribution in [2.75, 3.05) is 31.6 Å². The van der Waals surface area contributed by atoms with Crippen molar-refractivity contribution in [1.29, 1.82) is 0 Å². The van der Waals surface area contributed by atoms with Gasteiger partial charge in [0.25, 0.3) is 5.91 Å². The smallest absolute Gasteiger partial charge is 0.272 e. The summed E-state index contributed by atoms with van der Waals surface area (Å²) >= 11 is 0. The number of morpholine rings is 1. The van der Waals surface area contributed by atoms with E-state index in [1.165, 1.54) is 13.1 Å². The van der Waals surface area contributed by atoms with E-state index in [2.05, 4.69) is 15.3 Å². The van der Waals surface area contributed by atoms with Crippen molar-refractivity contribution in [2.24, 2.45) is 0 Å². The van der Waals surface area contributed by atoms with Crippen LogP contribution in [0.25, 0.3) is 0 Å². The molecule has 7 heteroatoms. The number of rotatable bonds is 4. The van der Waals surface area contributed by atoms with Crippen molar-refractivity contribution in [3.05, 3.63) is 47.8 Å². The van der Waals surface area contributed by atoms with Gasteiger partial charge in [0.1, 0.15) is 5.69 Å². The number of hydrogen-bond acceptors (Lipinski definition) is 6. The van der Waals surface area contributed by atoms with E-state index in [-0.39, 0.29) is 11.7 Å². The molecular weight excluding hydrogens is 308 g/mol. The topological polar surface area (TPSA) is 84.4 Å². The van der Waals surface area contributed by atoms with Crippen molar-refractivity contribution in [2.45, 2.75) is 6.92 Å². The molecule has 124 valence electrons. The van der Waals surface area contributed by atoms with Crippen molar-refractivity contribution in [3.8, 4) is 0 Å². The van der Waals surface area contributed by atoms with E-state index in [1.807, 2.05) is 6.07 Å². The normalized spacial score (nSPS) is 14.3. The van der Waals surface area contributed by atoms with Gasteiger partial charge in [-0.15, -0.1) is 0 Å². The first-order valence-electron chi connectivity index (χ1n) is 7.71. The number of nitrogens with zero attached hydrogens (tertiary/aromatic N) is 3. The van der Waals surface area contributed by atoms with E-state index in [9.17, 15) is 9.59 Å². The molecule has 1 saturated heterocycles. The van der Waals surface area contributed by atoms with Crippen molar-refractivity contribution in [3.63, 3.8) is 0 Å². The maximum absolute atomic E-state index is 12.5. The summed E-state index contributed by atoms with van der Waals surface area (Å²) in [6, 6.07) is 8.65. The van der Waals surface area contributed by atoms with Crippen LogP contribution in [0.2, 0.25) is 0 Å². The second kappa shape index (κ2) is 7.18. The monoisotopic (exact) mass is 326 g/mol. The maximum atomic E-state index is 12.5. The van der Waals surface area contributed by atoms with Crippen LogP contribution in [-0.4, -0.2) is 52.9 Å². The molecule has 1 N–H and O–H groups in total. The predicted molar refractivity (Wildman–Crippen MR) is 88.5 cm³/mol. The number of amides is 1. The Morgan fingerprint density at radius 2 is 2.00 bits per heavy atom. The SMILES string of the molecule is CC(=O)c1cccc(Nc2nccc(C(=O)N3CCOCC3)n2)c1. The third kappa shape index (κ3) is 3.75. The largest absolute Gasteiger partial charge is 0.378 e. The molecule has 1 aliphatic rings. The van der Waals surface area contributed by atoms with E-state index in [1.54, 1.807) is 29.2 Å². The minimum absolute atomic E-state index is 0.0178. The summed E-state index contributed by atoms with van der Waals surface area (Å²) in [4.78, 5) is 34.0. The van der Waals surface area contributed by atoms with Crippen molar-refractivity contribution >= 4 is 23.3 Å². The Bertz CT molecular complexity index is 757. The lowest BCUT2D eigenvalue weighted by atomic mass is 10.1. The number of ether oxygens (including phenoxy) is 1. The Kier molecular flexibility index (Phi) is 4.81. The van der Waals surface area contributed by atoms with Gasteiger partial charge in [-0.1, -0.05) is 12.1 Å². The molecule has 7 nitrogen and oxygen atoms in total. The second-order valence-electron chi connectivity index (χ2n) is 5.43. The highest BCUT2D eigenvalue weighted by Crippen LogP contribution is 2.16. The summed E-state index contributed by atoms with van der Waals surface area (Å²) in [5, 5.41) is 3.03. The number of aromatic nitrogens is 2. The van der Waals surface area contributed by atoms with Gasteiger partial charge in [-0.2, -0.15) is 0 Å². The van der Waals surface area contributed by atoms with Gasteiger partial charge < -0.3 is 15.0 Å². The Morgan fingerprint density at radius 3 is 2.75 bits per heavy atom. The fraction of sp³-hybridized carbons (Fsp3) is 0.294. The lowest BCUT2D eigenvalue weighted by molar-refractivity contribution is 0.0299. The van der Waals surface area contributed by atoms with Gasteiger partial charge in [0.2, 0.25) is 5.95 Å². The fourth-order valence-electron chi connectivity index (χ4n) is 2.41. The van der Waals surface area contributed by atoms with Gasteiger partial charge in [-0.3, -0.25) is 9.59 Å². The molecule has 1 amide bonds. The fourth-order valence-corrected chi connectivity index (χ4v) is 2.41. The molecule has 1 aliphatic heterocycles. The number of benzene rings is 1. The molecule has 3 rings (SSSR count). The van der Waals surface area contributed by atoms with Crippen LogP contribution in [0.15, 0.2) is 36.5 Å². The van der Waals surface area contributed by atoms with Gasteiger partial charge in [0.15, 0.2) is 5.78 Å². The molecule has 0 atom stereocenters. The van der Waals surface area contributed by atoms with E-state index >= 15 is 0 Å². The first-order chi connectivity index (χ1) is 11.6. The summed E-state index contributed by atoms with van der Waals surface area (Å²) in [7, 11) is 0. The lowest BCUT2D eigenvalue weighted by Crippen LogP contribution is -2.41. The van der Waals surface area contributed by atoms with Gasteiger partial charge in [0, 0.05) is 30.5 Å². The Morgan fingerprint density at radius 1 is 1.21 bits per heavy atom. The third-order valence-electron chi connectivity index (χ3n) is 3.70. The van der Waals surface area contributed by atoms with Gasteiger partial charge >= 0.3 is 0 Å². The van der Waals surface area contributed by atoms with E-state index < -0.39 is 0 Å². The quantitative estimate of drug-likeness (QED) is 0.864. The highest BCUT2D eigenvalue weighted by atomic mass is 16.5. The molecule has 1 aromatic heterocycles. The standard InChI is InChI=1S/C17H18N4O3/c1-12(22)13-3-2-4-14(11-13)19-17-18-6-5-15(20-17)16(23)21-7-9-24-10-8-21/h2-6,11H,7-10H2,1H3,(H,18,19,20). The van der Waals surface area contributed by atoms with Gasteiger partial charge in [-0.05, 0) is 25.1 Å². The molecule has 0 unspecified atom stereocenters. The number of carbonyl (C=O) groups excluding carboxylic acids is 2. The molecule has 0 radical (unpaired) electrons. The zero-order valence-corrected chi connectivity index (χ0v) is 13.4. The highest BCUT2D eigenvalue weighted by molar-refractivity contribution is 5.95. The zero-order valence-electron chi connectivity index (χ0n) is 13.4. The molecular formula is C17H18N4O3. The second-order valence-corrected chi connectivity index (χ2v) is 5.43. The van der Waals surface area contributed by atoms with Crippen LogP contribution in [-0.2, 0) is 4.74 Å². The summed E-state index contributed by atoms with van der Waals surface area (Å²) < 4.78 is 5.25. The van der Waals surface area contributed by atoms with E-state index in [4.69, 9.17) is 4.74 Å². The average molecular weight is 326 g/mol. The number of carbonyl (C=O) groups is 2. The average Bonchev–Trinajstić information content (AvgIpc) is 2.62. The highest BCUT2D eigenvalue weighted by Gasteiger charge is 2.20. The van der Waals surface area contributed by atoms with Gasteiger partial charge in [0.05, 0.1) is 13.2 Å². The Labute approximate surface area is 139 Å². The molecule has 0 bridgehead atoms. The Hall–Kier alpha value is -2.80. The maximum Gasteiger partial charge on any atom is 0.272 e. The number of anilines is 2.